The molecule has 0 saturated heterocycles. The Bertz CT molecular complexity index is 270. The highest BCUT2D eigenvalue weighted by atomic mass is 16.5. The van der Waals surface area contributed by atoms with Gasteiger partial charge < -0.3 is 4.74 Å². The van der Waals surface area contributed by atoms with Gasteiger partial charge in [0.25, 0.3) is 0 Å². The van der Waals surface area contributed by atoms with Crippen molar-refractivity contribution in [2.24, 2.45) is 0 Å². The zero-order valence-corrected chi connectivity index (χ0v) is 11.2. The summed E-state index contributed by atoms with van der Waals surface area (Å²) in [6.07, 6.45) is 7.14. The van der Waals surface area contributed by atoms with Crippen molar-refractivity contribution in [3.8, 4) is 0 Å². The summed E-state index contributed by atoms with van der Waals surface area (Å²) in [5.74, 6) is -0.208. The second kappa shape index (κ2) is 8.14. The van der Waals surface area contributed by atoms with Gasteiger partial charge in [0.1, 0.15) is 6.10 Å². The van der Waals surface area contributed by atoms with E-state index >= 15 is 0 Å². The molecule has 92 valence electrons. The van der Waals surface area contributed by atoms with Crippen LogP contribution in [0, 0.1) is 0 Å². The Morgan fingerprint density at radius 3 is 2.31 bits per heavy atom. The average molecular weight is 224 g/mol. The van der Waals surface area contributed by atoms with Gasteiger partial charge in [0.05, 0.1) is 0 Å². The van der Waals surface area contributed by atoms with E-state index in [1.165, 1.54) is 18.1 Å². The van der Waals surface area contributed by atoms with Crippen LogP contribution in [0.2, 0.25) is 0 Å². The monoisotopic (exact) mass is 224 g/mol. The Kier molecular flexibility index (Phi) is 7.61. The van der Waals surface area contributed by atoms with Crippen molar-refractivity contribution < 1.29 is 9.53 Å². The van der Waals surface area contributed by atoms with Gasteiger partial charge in [-0.3, -0.25) is 4.79 Å². The normalized spacial score (nSPS) is 13.2. The van der Waals surface area contributed by atoms with E-state index in [4.69, 9.17) is 4.74 Å². The van der Waals surface area contributed by atoms with Crippen LogP contribution >= 0.6 is 0 Å². The molecule has 0 amide bonds. The predicted molar refractivity (Wildman–Crippen MR) is 68.3 cm³/mol. The summed E-state index contributed by atoms with van der Waals surface area (Å²) in [6.45, 7) is 9.77. The van der Waals surface area contributed by atoms with Gasteiger partial charge in [0, 0.05) is 6.92 Å². The smallest absolute Gasteiger partial charge is 0.303 e. The van der Waals surface area contributed by atoms with Crippen LogP contribution in [0.1, 0.15) is 53.9 Å². The Balaban J connectivity index is 4.16. The molecule has 0 aromatic heterocycles. The Labute approximate surface area is 99.4 Å². The highest BCUT2D eigenvalue weighted by Crippen LogP contribution is 2.11. The van der Waals surface area contributed by atoms with E-state index in [0.29, 0.717) is 0 Å². The van der Waals surface area contributed by atoms with Crippen molar-refractivity contribution in [1.29, 1.82) is 0 Å². The number of ether oxygens (including phenoxy) is 1. The van der Waals surface area contributed by atoms with Gasteiger partial charge in [-0.1, -0.05) is 24.1 Å². The van der Waals surface area contributed by atoms with Crippen LogP contribution in [0.15, 0.2) is 23.3 Å². The summed E-state index contributed by atoms with van der Waals surface area (Å²) in [5.41, 5.74) is 2.63. The topological polar surface area (TPSA) is 26.3 Å². The quantitative estimate of drug-likeness (QED) is 0.503. The van der Waals surface area contributed by atoms with Crippen molar-refractivity contribution in [2.45, 2.75) is 60.0 Å². The lowest BCUT2D eigenvalue weighted by Gasteiger charge is -2.11. The second-order valence-electron chi connectivity index (χ2n) is 4.39. The highest BCUT2D eigenvalue weighted by Gasteiger charge is 2.05. The Hall–Kier alpha value is -1.05. The van der Waals surface area contributed by atoms with Crippen LogP contribution < -0.4 is 0 Å². The van der Waals surface area contributed by atoms with Gasteiger partial charge in [0.15, 0.2) is 0 Å². The van der Waals surface area contributed by atoms with Crippen LogP contribution in [-0.2, 0) is 9.53 Å². The van der Waals surface area contributed by atoms with E-state index in [9.17, 15) is 4.79 Å². The van der Waals surface area contributed by atoms with E-state index in [1.54, 1.807) is 0 Å². The summed E-state index contributed by atoms with van der Waals surface area (Å²) in [4.78, 5) is 10.8. The number of carbonyl (C=O) groups excluding carboxylic acids is 1. The number of hydrogen-bond donors (Lipinski definition) is 0. The molecule has 2 heteroatoms. The lowest BCUT2D eigenvalue weighted by Crippen LogP contribution is -2.12. The van der Waals surface area contributed by atoms with Crippen molar-refractivity contribution in [2.75, 3.05) is 0 Å². The number of hydrogen-bond acceptors (Lipinski definition) is 2. The lowest BCUT2D eigenvalue weighted by atomic mass is 10.1. The second-order valence-corrected chi connectivity index (χ2v) is 4.39. The number of carbonyl (C=O) groups is 1. The van der Waals surface area contributed by atoms with Gasteiger partial charge in [-0.25, -0.2) is 0 Å². The molecule has 16 heavy (non-hydrogen) atoms. The van der Waals surface area contributed by atoms with Crippen molar-refractivity contribution in [3.05, 3.63) is 23.3 Å². The van der Waals surface area contributed by atoms with E-state index in [-0.39, 0.29) is 12.1 Å². The summed E-state index contributed by atoms with van der Waals surface area (Å²) in [5, 5.41) is 0. The first-order valence-electron chi connectivity index (χ1n) is 5.93. The molecule has 0 aliphatic carbocycles. The number of esters is 1. The molecule has 0 aromatic rings. The van der Waals surface area contributed by atoms with E-state index in [2.05, 4.69) is 32.9 Å². The molecule has 0 heterocycles. The van der Waals surface area contributed by atoms with Crippen molar-refractivity contribution >= 4 is 5.97 Å². The minimum absolute atomic E-state index is 0.0656. The van der Waals surface area contributed by atoms with Crippen molar-refractivity contribution in [3.63, 3.8) is 0 Å². The predicted octanol–water partition coefficient (Wildman–Crippen LogP) is 4.02. The first kappa shape index (κ1) is 14.9. The molecule has 0 N–H and O–H groups in total. The molecule has 0 aromatic carbocycles. The third-order valence-electron chi connectivity index (χ3n) is 2.28. The third-order valence-corrected chi connectivity index (χ3v) is 2.28. The minimum Gasteiger partial charge on any atom is -0.458 e. The summed E-state index contributed by atoms with van der Waals surface area (Å²) in [6, 6.07) is 0. The zero-order chi connectivity index (χ0) is 12.6. The largest absolute Gasteiger partial charge is 0.458 e. The number of allylic oxidation sites excluding steroid dienone is 3. The van der Waals surface area contributed by atoms with Crippen LogP contribution in [0.3, 0.4) is 0 Å². The molecule has 0 radical (unpaired) electrons. The standard InChI is InChI=1S/C14H24O2/c1-6-14(16-13(5)15)10-12(4)9-7-8-11(2)3/h8,10,14H,6-7,9H2,1-5H3/b12-10+. The maximum absolute atomic E-state index is 10.8. The zero-order valence-electron chi connectivity index (χ0n) is 11.2. The van der Waals surface area contributed by atoms with E-state index in [0.717, 1.165) is 19.3 Å². The first-order chi connectivity index (χ1) is 7.45. The minimum atomic E-state index is -0.208. The van der Waals surface area contributed by atoms with E-state index in [1.807, 2.05) is 6.92 Å². The summed E-state index contributed by atoms with van der Waals surface area (Å²) >= 11 is 0. The molecule has 1 atom stereocenters. The van der Waals surface area contributed by atoms with Gasteiger partial charge in [-0.05, 0) is 46.1 Å². The molecular formula is C14H24O2. The summed E-state index contributed by atoms with van der Waals surface area (Å²) < 4.78 is 5.17. The molecule has 0 spiro atoms. The lowest BCUT2D eigenvalue weighted by molar-refractivity contribution is -0.144. The maximum atomic E-state index is 10.8. The van der Waals surface area contributed by atoms with Gasteiger partial charge in [-0.15, -0.1) is 0 Å². The van der Waals surface area contributed by atoms with Crippen LogP contribution in [0.25, 0.3) is 0 Å². The van der Waals surface area contributed by atoms with Gasteiger partial charge >= 0.3 is 5.97 Å². The Morgan fingerprint density at radius 1 is 1.25 bits per heavy atom. The summed E-state index contributed by atoms with van der Waals surface area (Å²) in [7, 11) is 0. The van der Waals surface area contributed by atoms with E-state index < -0.39 is 0 Å². The molecule has 0 rings (SSSR count). The van der Waals surface area contributed by atoms with Gasteiger partial charge in [-0.2, -0.15) is 0 Å². The maximum Gasteiger partial charge on any atom is 0.303 e. The average Bonchev–Trinajstić information content (AvgIpc) is 2.15. The molecule has 0 saturated carbocycles. The van der Waals surface area contributed by atoms with Crippen LogP contribution in [0.5, 0.6) is 0 Å². The SMILES string of the molecule is CCC(/C=C(\C)CCC=C(C)C)OC(C)=O. The molecule has 0 fully saturated rings. The van der Waals surface area contributed by atoms with Crippen LogP contribution in [0.4, 0.5) is 0 Å². The molecule has 1 unspecified atom stereocenters. The molecule has 2 nitrogen and oxygen atoms in total. The van der Waals surface area contributed by atoms with Gasteiger partial charge in [0.2, 0.25) is 0 Å². The van der Waals surface area contributed by atoms with Crippen LogP contribution in [-0.4, -0.2) is 12.1 Å². The third kappa shape index (κ3) is 8.27. The fourth-order valence-corrected chi connectivity index (χ4v) is 1.44. The number of rotatable bonds is 6. The highest BCUT2D eigenvalue weighted by molar-refractivity contribution is 5.66. The molecular weight excluding hydrogens is 200 g/mol. The molecule has 0 aliphatic rings. The first-order valence-corrected chi connectivity index (χ1v) is 5.93. The molecule has 0 bridgehead atoms. The van der Waals surface area contributed by atoms with Crippen molar-refractivity contribution in [1.82, 2.24) is 0 Å². The fraction of sp³-hybridized carbons (Fsp3) is 0.643. The fourth-order valence-electron chi connectivity index (χ4n) is 1.44. The Morgan fingerprint density at radius 2 is 1.88 bits per heavy atom. The molecule has 0 aliphatic heterocycles.